The number of carbonyl (C=O) groups is 2. The van der Waals surface area contributed by atoms with Gasteiger partial charge in [0.1, 0.15) is 12.1 Å². The monoisotopic (exact) mass is 320 g/mol. The van der Waals surface area contributed by atoms with Crippen molar-refractivity contribution in [3.63, 3.8) is 0 Å². The highest BCUT2D eigenvalue weighted by Gasteiger charge is 2.25. The smallest absolute Gasteiger partial charge is 0.303 e. The average Bonchev–Trinajstić information content (AvgIpc) is 2.78. The number of oxazole rings is 1. The number of anilines is 1. The number of aromatic nitrogens is 1. The summed E-state index contributed by atoms with van der Waals surface area (Å²) in [6.45, 7) is 3.77. The fourth-order valence-corrected chi connectivity index (χ4v) is 2.35. The minimum absolute atomic E-state index is 0.0664. The summed E-state index contributed by atoms with van der Waals surface area (Å²) in [7, 11) is 1.55. The van der Waals surface area contributed by atoms with Crippen LogP contribution in [0.2, 0.25) is 0 Å². The summed E-state index contributed by atoms with van der Waals surface area (Å²) in [5.74, 6) is -0.692. The van der Waals surface area contributed by atoms with Gasteiger partial charge in [-0.05, 0) is 23.6 Å². The van der Waals surface area contributed by atoms with Crippen molar-refractivity contribution in [2.24, 2.45) is 5.41 Å². The van der Waals surface area contributed by atoms with Crippen LogP contribution in [0, 0.1) is 5.41 Å². The van der Waals surface area contributed by atoms with E-state index in [0.29, 0.717) is 22.7 Å². The molecule has 23 heavy (non-hydrogen) atoms. The number of nitrogens with zero attached hydrogens (tertiary/aromatic N) is 1. The molecule has 2 N–H and O–H groups in total. The topological polar surface area (TPSA) is 102 Å². The number of hydrogen-bond acceptors (Lipinski definition) is 5. The van der Waals surface area contributed by atoms with Gasteiger partial charge in [0.2, 0.25) is 11.8 Å². The van der Waals surface area contributed by atoms with Gasteiger partial charge >= 0.3 is 5.97 Å². The first-order valence-corrected chi connectivity index (χ1v) is 7.19. The van der Waals surface area contributed by atoms with Crippen molar-refractivity contribution in [2.45, 2.75) is 33.3 Å². The van der Waals surface area contributed by atoms with Crippen molar-refractivity contribution < 1.29 is 23.8 Å². The van der Waals surface area contributed by atoms with Gasteiger partial charge in [-0.1, -0.05) is 13.8 Å². The van der Waals surface area contributed by atoms with E-state index in [0.717, 1.165) is 0 Å². The third-order valence-corrected chi connectivity index (χ3v) is 3.25. The van der Waals surface area contributed by atoms with E-state index in [1.807, 2.05) is 0 Å². The maximum absolute atomic E-state index is 12.1. The fraction of sp³-hybridized carbons (Fsp3) is 0.438. The van der Waals surface area contributed by atoms with Crippen LogP contribution in [0.5, 0.6) is 0 Å². The first-order chi connectivity index (χ1) is 10.8. The van der Waals surface area contributed by atoms with E-state index in [2.05, 4.69) is 10.3 Å². The van der Waals surface area contributed by atoms with E-state index in [1.54, 1.807) is 39.2 Å². The van der Waals surface area contributed by atoms with Crippen LogP contribution >= 0.6 is 0 Å². The largest absolute Gasteiger partial charge is 0.481 e. The van der Waals surface area contributed by atoms with Crippen LogP contribution in [0.15, 0.2) is 22.6 Å². The van der Waals surface area contributed by atoms with Crippen LogP contribution in [0.25, 0.3) is 11.1 Å². The number of ether oxygens (including phenoxy) is 1. The van der Waals surface area contributed by atoms with Crippen molar-refractivity contribution in [1.29, 1.82) is 0 Å². The number of rotatable bonds is 7. The van der Waals surface area contributed by atoms with E-state index >= 15 is 0 Å². The molecule has 0 unspecified atom stereocenters. The number of nitrogens with one attached hydrogen (secondary N) is 1. The molecule has 0 aliphatic heterocycles. The lowest BCUT2D eigenvalue weighted by molar-refractivity contribution is -0.139. The molecule has 0 saturated heterocycles. The molecule has 0 saturated carbocycles. The van der Waals surface area contributed by atoms with Crippen LogP contribution < -0.4 is 5.32 Å². The number of fused-ring (bicyclic) bond motifs is 1. The second-order valence-corrected chi connectivity index (χ2v) is 6.18. The van der Waals surface area contributed by atoms with Gasteiger partial charge in [0.15, 0.2) is 5.58 Å². The molecule has 0 bridgehead atoms. The van der Waals surface area contributed by atoms with Crippen molar-refractivity contribution in [1.82, 2.24) is 4.98 Å². The molecule has 1 amide bonds. The van der Waals surface area contributed by atoms with Gasteiger partial charge < -0.3 is 19.6 Å². The SMILES string of the molecule is COCc1nc2cc(NC(=O)CC(C)(C)CC(=O)O)ccc2o1. The van der Waals surface area contributed by atoms with Gasteiger partial charge in [-0.3, -0.25) is 9.59 Å². The van der Waals surface area contributed by atoms with Gasteiger partial charge in [-0.25, -0.2) is 4.98 Å². The normalized spacial score (nSPS) is 11.6. The van der Waals surface area contributed by atoms with E-state index < -0.39 is 11.4 Å². The van der Waals surface area contributed by atoms with E-state index in [9.17, 15) is 9.59 Å². The Kier molecular flexibility index (Phi) is 5.00. The molecule has 0 fully saturated rings. The summed E-state index contributed by atoms with van der Waals surface area (Å²) in [6, 6.07) is 5.14. The van der Waals surface area contributed by atoms with Crippen molar-refractivity contribution >= 4 is 28.7 Å². The zero-order chi connectivity index (χ0) is 17.0. The molecule has 0 aliphatic rings. The van der Waals surface area contributed by atoms with E-state index in [-0.39, 0.29) is 25.4 Å². The van der Waals surface area contributed by atoms with Gasteiger partial charge in [-0.15, -0.1) is 0 Å². The second kappa shape index (κ2) is 6.78. The molecule has 0 spiro atoms. The molecule has 2 aromatic rings. The summed E-state index contributed by atoms with van der Waals surface area (Å²) in [6.07, 6.45) is 0.0498. The van der Waals surface area contributed by atoms with Crippen LogP contribution in [0.1, 0.15) is 32.6 Å². The number of carboxylic acids is 1. The summed E-state index contributed by atoms with van der Waals surface area (Å²) in [5.41, 5.74) is 1.21. The molecular formula is C16H20N2O5. The highest BCUT2D eigenvalue weighted by atomic mass is 16.5. The summed E-state index contributed by atoms with van der Waals surface area (Å²) in [5, 5.41) is 11.6. The van der Waals surface area contributed by atoms with E-state index in [1.165, 1.54) is 0 Å². The Labute approximate surface area is 133 Å². The number of carbonyl (C=O) groups excluding carboxylic acids is 1. The highest BCUT2D eigenvalue weighted by molar-refractivity contribution is 5.93. The minimum atomic E-state index is -0.919. The third kappa shape index (κ3) is 4.79. The molecule has 2 rings (SSSR count). The summed E-state index contributed by atoms with van der Waals surface area (Å²) in [4.78, 5) is 27.1. The van der Waals surface area contributed by atoms with Gasteiger partial charge in [0, 0.05) is 19.2 Å². The first-order valence-electron chi connectivity index (χ1n) is 7.19. The summed E-state index contributed by atoms with van der Waals surface area (Å²) >= 11 is 0. The Hall–Kier alpha value is -2.41. The Bertz CT molecular complexity index is 720. The average molecular weight is 320 g/mol. The second-order valence-electron chi connectivity index (χ2n) is 6.18. The quantitative estimate of drug-likeness (QED) is 0.813. The number of benzene rings is 1. The molecule has 1 aromatic carbocycles. The Morgan fingerprint density at radius 1 is 1.35 bits per heavy atom. The predicted octanol–water partition coefficient (Wildman–Crippen LogP) is 2.80. The lowest BCUT2D eigenvalue weighted by atomic mass is 9.85. The Morgan fingerprint density at radius 3 is 2.74 bits per heavy atom. The van der Waals surface area contributed by atoms with Gasteiger partial charge in [0.05, 0.1) is 6.42 Å². The van der Waals surface area contributed by atoms with Crippen LogP contribution in [0.3, 0.4) is 0 Å². The maximum Gasteiger partial charge on any atom is 0.303 e. The molecule has 0 radical (unpaired) electrons. The number of amides is 1. The molecule has 7 heteroatoms. The number of aliphatic carboxylic acids is 1. The van der Waals surface area contributed by atoms with Crippen molar-refractivity contribution in [3.8, 4) is 0 Å². The van der Waals surface area contributed by atoms with Crippen molar-refractivity contribution in [2.75, 3.05) is 12.4 Å². The zero-order valence-corrected chi connectivity index (χ0v) is 13.4. The van der Waals surface area contributed by atoms with Gasteiger partial charge in [0.25, 0.3) is 0 Å². The molecule has 1 heterocycles. The molecular weight excluding hydrogens is 300 g/mol. The van der Waals surface area contributed by atoms with Crippen molar-refractivity contribution in [3.05, 3.63) is 24.1 Å². The number of hydrogen-bond donors (Lipinski definition) is 2. The van der Waals surface area contributed by atoms with E-state index in [4.69, 9.17) is 14.3 Å². The van der Waals surface area contributed by atoms with Crippen LogP contribution in [-0.2, 0) is 20.9 Å². The fourth-order valence-electron chi connectivity index (χ4n) is 2.35. The Morgan fingerprint density at radius 2 is 2.09 bits per heavy atom. The lowest BCUT2D eigenvalue weighted by Crippen LogP contribution is -2.24. The molecule has 0 aliphatic carbocycles. The predicted molar refractivity (Wildman–Crippen MR) is 84.0 cm³/mol. The zero-order valence-electron chi connectivity index (χ0n) is 13.4. The van der Waals surface area contributed by atoms with Crippen LogP contribution in [-0.4, -0.2) is 29.1 Å². The third-order valence-electron chi connectivity index (χ3n) is 3.25. The molecule has 1 aromatic heterocycles. The Balaban J connectivity index is 2.06. The van der Waals surface area contributed by atoms with Gasteiger partial charge in [-0.2, -0.15) is 0 Å². The first kappa shape index (κ1) is 17.0. The molecule has 7 nitrogen and oxygen atoms in total. The standard InChI is InChI=1S/C16H20N2O5/c1-16(2,8-15(20)21)7-13(19)17-10-4-5-12-11(6-10)18-14(23-12)9-22-3/h4-6H,7-9H2,1-3H3,(H,17,19)(H,20,21). The minimum Gasteiger partial charge on any atom is -0.481 e. The maximum atomic E-state index is 12.1. The highest BCUT2D eigenvalue weighted by Crippen LogP contribution is 2.26. The number of carboxylic acid groups (broad SMARTS) is 1. The van der Waals surface area contributed by atoms with Crippen LogP contribution in [0.4, 0.5) is 5.69 Å². The molecule has 124 valence electrons. The summed E-state index contributed by atoms with van der Waals surface area (Å²) < 4.78 is 10.4. The number of methoxy groups -OCH3 is 1. The lowest BCUT2D eigenvalue weighted by Gasteiger charge is -2.21. The molecule has 0 atom stereocenters.